The van der Waals surface area contributed by atoms with Gasteiger partial charge in [0, 0.05) is 0 Å². The second kappa shape index (κ2) is 5.35. The normalized spacial score (nSPS) is 23.2. The molecule has 1 aliphatic rings. The molecule has 0 fully saturated rings. The molecule has 0 radical (unpaired) electrons. The molecule has 4 nitrogen and oxygen atoms in total. The molecule has 0 aromatic heterocycles. The van der Waals surface area contributed by atoms with E-state index in [0.717, 1.165) is 11.3 Å². The van der Waals surface area contributed by atoms with Gasteiger partial charge in [0.05, 0.1) is 0 Å². The van der Waals surface area contributed by atoms with E-state index in [1.807, 2.05) is 42.5 Å². The van der Waals surface area contributed by atoms with Crippen LogP contribution in [-0.2, 0) is 7.81 Å². The first-order chi connectivity index (χ1) is 8.23. The molecule has 0 amide bonds. The van der Waals surface area contributed by atoms with E-state index >= 15 is 0 Å². The molecule has 0 bridgehead atoms. The van der Waals surface area contributed by atoms with E-state index in [2.05, 4.69) is 8.45 Å². The van der Waals surface area contributed by atoms with Crippen molar-refractivity contribution in [2.45, 2.75) is 12.6 Å². The van der Waals surface area contributed by atoms with Gasteiger partial charge in [-0.3, -0.25) is 0 Å². The van der Waals surface area contributed by atoms with Gasteiger partial charge < -0.3 is 0 Å². The van der Waals surface area contributed by atoms with Gasteiger partial charge in [0.1, 0.15) is 0 Å². The minimum absolute atomic E-state index is 0.744. The van der Waals surface area contributed by atoms with Gasteiger partial charge in [0.2, 0.25) is 0 Å². The summed E-state index contributed by atoms with van der Waals surface area (Å²) < 4.78 is 19.9. The number of ether oxygens (including phenoxy) is 1. The zero-order valence-electron chi connectivity index (χ0n) is 9.41. The molecule has 2 rings (SSSR count). The fraction of sp³-hybridized carbons (Fsp3) is 0.167. The Hall–Kier alpha value is -1.30. The SMILES string of the molecule is CC1(N=[N][SnH]=[O])C=CC=C(c2ccccc2)O1. The topological polar surface area (TPSA) is 51.0 Å². The van der Waals surface area contributed by atoms with Crippen molar-refractivity contribution < 1.29 is 7.81 Å². The van der Waals surface area contributed by atoms with Crippen LogP contribution in [0.2, 0.25) is 0 Å². The van der Waals surface area contributed by atoms with Crippen molar-refractivity contribution in [1.29, 1.82) is 0 Å². The van der Waals surface area contributed by atoms with E-state index in [1.165, 1.54) is 0 Å². The first-order valence-electron chi connectivity index (χ1n) is 5.23. The summed E-state index contributed by atoms with van der Waals surface area (Å²) in [5.74, 6) is 0.744. The Morgan fingerprint density at radius 1 is 1.29 bits per heavy atom. The number of benzene rings is 1. The maximum absolute atomic E-state index is 10.5. The van der Waals surface area contributed by atoms with Crippen LogP contribution in [-0.4, -0.2) is 27.1 Å². The second-order valence-electron chi connectivity index (χ2n) is 3.73. The molecule has 0 N–H and O–H groups in total. The predicted molar refractivity (Wildman–Crippen MR) is 65.7 cm³/mol. The van der Waals surface area contributed by atoms with E-state index < -0.39 is 27.1 Å². The first kappa shape index (κ1) is 12.2. The maximum atomic E-state index is 10.5. The Bertz CT molecular complexity index is 496. The van der Waals surface area contributed by atoms with Crippen LogP contribution in [0.3, 0.4) is 0 Å². The van der Waals surface area contributed by atoms with Gasteiger partial charge in [-0.15, -0.1) is 0 Å². The molecule has 0 saturated heterocycles. The average Bonchev–Trinajstić information content (AvgIpc) is 2.38. The van der Waals surface area contributed by atoms with Gasteiger partial charge in [-0.1, -0.05) is 0 Å². The molecule has 0 aliphatic carbocycles. The van der Waals surface area contributed by atoms with Crippen molar-refractivity contribution in [3.8, 4) is 0 Å². The number of rotatable bonds is 3. The molecular weight excluding hydrogens is 323 g/mol. The summed E-state index contributed by atoms with van der Waals surface area (Å²) in [6.07, 6.45) is 5.55. The quantitative estimate of drug-likeness (QED) is 0.630. The fourth-order valence-electron chi connectivity index (χ4n) is 1.55. The molecular formula is C12H12N2O2Sn. The number of allylic oxidation sites excluding steroid dienone is 2. The zero-order chi connectivity index (χ0) is 12.1. The van der Waals surface area contributed by atoms with Gasteiger partial charge >= 0.3 is 110 Å². The Labute approximate surface area is 110 Å². The van der Waals surface area contributed by atoms with Crippen LogP contribution in [0.4, 0.5) is 0 Å². The summed E-state index contributed by atoms with van der Waals surface area (Å²) in [5, 5.41) is 3.96. The second-order valence-corrected chi connectivity index (χ2v) is 4.99. The standard InChI is InChI=1S/C12H11N2O.O.Sn.H/c1-12(14-13)9-5-8-11(15-12)10-6-3-2-4-7-10;;;/h2-9H,1H3;;;/q-1;;+1;. The first-order valence-corrected chi connectivity index (χ1v) is 8.05. The van der Waals surface area contributed by atoms with Crippen LogP contribution in [0.5, 0.6) is 0 Å². The third-order valence-corrected chi connectivity index (χ3v) is 2.93. The predicted octanol–water partition coefficient (Wildman–Crippen LogP) is 2.48. The third-order valence-electron chi connectivity index (χ3n) is 2.33. The molecule has 1 aliphatic heterocycles. The molecule has 5 heteroatoms. The molecule has 1 aromatic rings. The summed E-state index contributed by atoms with van der Waals surface area (Å²) in [6, 6.07) is 9.78. The zero-order valence-corrected chi connectivity index (χ0v) is 12.7. The van der Waals surface area contributed by atoms with Crippen LogP contribution in [0.1, 0.15) is 12.5 Å². The molecule has 86 valence electrons. The van der Waals surface area contributed by atoms with Gasteiger partial charge in [-0.25, -0.2) is 0 Å². The molecule has 17 heavy (non-hydrogen) atoms. The Morgan fingerprint density at radius 2 is 2.06 bits per heavy atom. The van der Waals surface area contributed by atoms with Gasteiger partial charge in [-0.05, 0) is 0 Å². The molecule has 0 spiro atoms. The molecule has 1 unspecified atom stereocenters. The molecule has 1 atom stereocenters. The van der Waals surface area contributed by atoms with Crippen molar-refractivity contribution in [1.82, 2.24) is 0 Å². The average molecular weight is 335 g/mol. The molecule has 1 aromatic carbocycles. The summed E-state index contributed by atoms with van der Waals surface area (Å²) in [4.78, 5) is 0. The van der Waals surface area contributed by atoms with Crippen molar-refractivity contribution >= 4 is 27.2 Å². The number of hydrogen-bond donors (Lipinski definition) is 0. The summed E-state index contributed by atoms with van der Waals surface area (Å²) in [5.41, 5.74) is 0.151. The van der Waals surface area contributed by atoms with E-state index in [1.54, 1.807) is 13.0 Å². The van der Waals surface area contributed by atoms with E-state index in [9.17, 15) is 3.08 Å². The van der Waals surface area contributed by atoms with Gasteiger partial charge in [0.25, 0.3) is 0 Å². The Kier molecular flexibility index (Phi) is 3.83. The van der Waals surface area contributed by atoms with Crippen molar-refractivity contribution in [3.05, 3.63) is 54.1 Å². The van der Waals surface area contributed by atoms with E-state index in [-0.39, 0.29) is 0 Å². The molecule has 1 heterocycles. The van der Waals surface area contributed by atoms with E-state index in [4.69, 9.17) is 4.74 Å². The van der Waals surface area contributed by atoms with Crippen molar-refractivity contribution in [3.63, 3.8) is 0 Å². The Morgan fingerprint density at radius 3 is 2.76 bits per heavy atom. The molecule has 0 saturated carbocycles. The number of hydrogen-bond acceptors (Lipinski definition) is 3. The van der Waals surface area contributed by atoms with Crippen LogP contribution in [0.15, 0.2) is 57.0 Å². The summed E-state index contributed by atoms with van der Waals surface area (Å²) >= 11 is -2.07. The van der Waals surface area contributed by atoms with Crippen molar-refractivity contribution in [2.75, 3.05) is 0 Å². The third kappa shape index (κ3) is 3.09. The number of nitrogens with zero attached hydrogens (tertiary/aromatic N) is 2. The van der Waals surface area contributed by atoms with Crippen LogP contribution in [0.25, 0.3) is 5.76 Å². The minimum atomic E-state index is -2.07. The Balaban J connectivity index is 2.24. The van der Waals surface area contributed by atoms with Crippen LogP contribution < -0.4 is 0 Å². The van der Waals surface area contributed by atoms with Crippen LogP contribution in [0, 0.1) is 0 Å². The van der Waals surface area contributed by atoms with Crippen LogP contribution >= 0.6 is 0 Å². The monoisotopic (exact) mass is 336 g/mol. The van der Waals surface area contributed by atoms with Crippen molar-refractivity contribution in [2.24, 2.45) is 8.45 Å². The van der Waals surface area contributed by atoms with Gasteiger partial charge in [-0.2, -0.15) is 0 Å². The van der Waals surface area contributed by atoms with Gasteiger partial charge in [0.15, 0.2) is 0 Å². The van der Waals surface area contributed by atoms with E-state index in [0.29, 0.717) is 0 Å². The summed E-state index contributed by atoms with van der Waals surface area (Å²) in [6.45, 7) is 1.79. The summed E-state index contributed by atoms with van der Waals surface area (Å²) in [7, 11) is 0. The fourth-order valence-corrected chi connectivity index (χ4v) is 2.34.